The van der Waals surface area contributed by atoms with E-state index >= 15 is 0 Å². The number of rotatable bonds is 1. The Hall–Kier alpha value is -1.58. The van der Waals surface area contributed by atoms with Crippen molar-refractivity contribution in [2.75, 3.05) is 14.1 Å². The lowest BCUT2D eigenvalue weighted by atomic mass is 10.3. The summed E-state index contributed by atoms with van der Waals surface area (Å²) in [5.41, 5.74) is 0. The molecular formula is C11H16FNO2. The Morgan fingerprint density at radius 3 is 2.07 bits per heavy atom. The summed E-state index contributed by atoms with van der Waals surface area (Å²) in [6, 6.07) is 5.27. The highest BCUT2D eigenvalue weighted by molar-refractivity contribution is 5.69. The Balaban J connectivity index is 0.000000921. The Labute approximate surface area is 89.5 Å². The molecule has 0 heterocycles. The van der Waals surface area contributed by atoms with Gasteiger partial charge < -0.3 is 9.64 Å². The van der Waals surface area contributed by atoms with Crippen LogP contribution in [0.15, 0.2) is 24.3 Å². The molecule has 4 heteroatoms. The van der Waals surface area contributed by atoms with Crippen LogP contribution in [-0.4, -0.2) is 25.1 Å². The van der Waals surface area contributed by atoms with E-state index in [1.54, 1.807) is 14.1 Å². The van der Waals surface area contributed by atoms with Gasteiger partial charge in [0.25, 0.3) is 0 Å². The number of ether oxygens (including phenoxy) is 1. The summed E-state index contributed by atoms with van der Waals surface area (Å²) in [5, 5.41) is 0. The number of carbonyl (C=O) groups is 1. The summed E-state index contributed by atoms with van der Waals surface area (Å²) in [5.74, 6) is -0.0234. The van der Waals surface area contributed by atoms with E-state index in [1.807, 2.05) is 13.8 Å². The molecule has 0 N–H and O–H groups in total. The molecule has 0 radical (unpaired) electrons. The van der Waals surface area contributed by atoms with E-state index in [-0.39, 0.29) is 5.82 Å². The van der Waals surface area contributed by atoms with Gasteiger partial charge in [0.05, 0.1) is 0 Å². The molecule has 0 aromatic heterocycles. The van der Waals surface area contributed by atoms with Crippen molar-refractivity contribution in [3.05, 3.63) is 30.1 Å². The van der Waals surface area contributed by atoms with Crippen molar-refractivity contribution in [2.45, 2.75) is 13.8 Å². The fourth-order valence-corrected chi connectivity index (χ4v) is 0.695. The SMILES string of the molecule is CC.CN(C)C(=O)Oc1ccc(F)cc1. The first-order valence-corrected chi connectivity index (χ1v) is 4.74. The number of carbonyl (C=O) groups excluding carboxylic acids is 1. The van der Waals surface area contributed by atoms with Gasteiger partial charge in [-0.15, -0.1) is 0 Å². The molecule has 1 aromatic rings. The van der Waals surface area contributed by atoms with Crippen LogP contribution in [0.5, 0.6) is 5.75 Å². The molecule has 0 unspecified atom stereocenters. The summed E-state index contributed by atoms with van der Waals surface area (Å²) >= 11 is 0. The molecule has 0 atom stereocenters. The van der Waals surface area contributed by atoms with Crippen molar-refractivity contribution in [2.24, 2.45) is 0 Å². The lowest BCUT2D eigenvalue weighted by molar-refractivity contribution is 0.172. The minimum Gasteiger partial charge on any atom is -0.410 e. The first kappa shape index (κ1) is 13.4. The van der Waals surface area contributed by atoms with E-state index in [2.05, 4.69) is 0 Å². The lowest BCUT2D eigenvalue weighted by Gasteiger charge is -2.09. The summed E-state index contributed by atoms with van der Waals surface area (Å²) < 4.78 is 17.3. The molecule has 0 aliphatic heterocycles. The Bertz CT molecular complexity index is 296. The number of amides is 1. The lowest BCUT2D eigenvalue weighted by Crippen LogP contribution is -2.25. The fourth-order valence-electron chi connectivity index (χ4n) is 0.695. The summed E-state index contributed by atoms with van der Waals surface area (Å²) in [4.78, 5) is 12.3. The highest BCUT2D eigenvalue weighted by Crippen LogP contribution is 2.11. The fraction of sp³-hybridized carbons (Fsp3) is 0.364. The maximum Gasteiger partial charge on any atom is 0.414 e. The van der Waals surface area contributed by atoms with Gasteiger partial charge in [-0.05, 0) is 24.3 Å². The second-order valence-electron chi connectivity index (χ2n) is 2.72. The number of hydrogen-bond donors (Lipinski definition) is 0. The molecule has 0 aliphatic rings. The van der Waals surface area contributed by atoms with Crippen LogP contribution in [0, 0.1) is 5.82 Å². The third-order valence-corrected chi connectivity index (χ3v) is 1.38. The molecule has 1 rings (SSSR count). The molecular weight excluding hydrogens is 197 g/mol. The zero-order chi connectivity index (χ0) is 11.8. The molecule has 3 nitrogen and oxygen atoms in total. The predicted octanol–water partition coefficient (Wildman–Crippen LogP) is 2.91. The first-order valence-electron chi connectivity index (χ1n) is 4.74. The molecule has 0 bridgehead atoms. The molecule has 0 fully saturated rings. The van der Waals surface area contributed by atoms with Crippen LogP contribution in [0.25, 0.3) is 0 Å². The van der Waals surface area contributed by atoms with E-state index in [1.165, 1.54) is 29.2 Å². The standard InChI is InChI=1S/C9H10FNO2.C2H6/c1-11(2)9(12)13-8-5-3-7(10)4-6-8;1-2/h3-6H,1-2H3;1-2H3. The second-order valence-corrected chi connectivity index (χ2v) is 2.72. The quantitative estimate of drug-likeness (QED) is 0.717. The Morgan fingerprint density at radius 2 is 1.67 bits per heavy atom. The van der Waals surface area contributed by atoms with Crippen LogP contribution < -0.4 is 4.74 Å². The monoisotopic (exact) mass is 213 g/mol. The molecule has 0 aliphatic carbocycles. The van der Waals surface area contributed by atoms with Gasteiger partial charge in [0, 0.05) is 14.1 Å². The molecule has 1 aromatic carbocycles. The van der Waals surface area contributed by atoms with Crippen LogP contribution in [-0.2, 0) is 0 Å². The average molecular weight is 213 g/mol. The third kappa shape index (κ3) is 5.00. The van der Waals surface area contributed by atoms with E-state index in [0.29, 0.717) is 5.75 Å². The van der Waals surface area contributed by atoms with E-state index in [0.717, 1.165) is 0 Å². The Morgan fingerprint density at radius 1 is 1.20 bits per heavy atom. The van der Waals surface area contributed by atoms with Gasteiger partial charge in [-0.1, -0.05) is 13.8 Å². The summed E-state index contributed by atoms with van der Waals surface area (Å²) in [6.45, 7) is 4.00. The minimum absolute atomic E-state index is 0.333. The normalized spacial score (nSPS) is 8.60. The van der Waals surface area contributed by atoms with Gasteiger partial charge in [-0.25, -0.2) is 9.18 Å². The maximum atomic E-state index is 12.4. The number of hydrogen-bond acceptors (Lipinski definition) is 2. The van der Waals surface area contributed by atoms with Gasteiger partial charge in [0.15, 0.2) is 0 Å². The maximum absolute atomic E-state index is 12.4. The highest BCUT2D eigenvalue weighted by atomic mass is 19.1. The van der Waals surface area contributed by atoms with E-state index in [4.69, 9.17) is 4.74 Å². The van der Waals surface area contributed by atoms with Crippen LogP contribution in [0.2, 0.25) is 0 Å². The van der Waals surface area contributed by atoms with Crippen LogP contribution in [0.4, 0.5) is 9.18 Å². The first-order chi connectivity index (χ1) is 7.09. The van der Waals surface area contributed by atoms with Crippen molar-refractivity contribution >= 4 is 6.09 Å². The zero-order valence-electron chi connectivity index (χ0n) is 9.45. The third-order valence-electron chi connectivity index (χ3n) is 1.38. The molecule has 0 spiro atoms. The molecule has 0 saturated heterocycles. The van der Waals surface area contributed by atoms with Gasteiger partial charge in [0.1, 0.15) is 11.6 Å². The number of benzene rings is 1. The van der Waals surface area contributed by atoms with Crippen molar-refractivity contribution in [3.63, 3.8) is 0 Å². The van der Waals surface area contributed by atoms with Gasteiger partial charge in [-0.3, -0.25) is 0 Å². The van der Waals surface area contributed by atoms with Gasteiger partial charge in [0.2, 0.25) is 0 Å². The van der Waals surface area contributed by atoms with Crippen molar-refractivity contribution < 1.29 is 13.9 Å². The Kier molecular flexibility index (Phi) is 6.09. The topological polar surface area (TPSA) is 29.5 Å². The summed E-state index contributed by atoms with van der Waals surface area (Å²) in [6.07, 6.45) is -0.480. The van der Waals surface area contributed by atoms with E-state index < -0.39 is 6.09 Å². The minimum atomic E-state index is -0.480. The van der Waals surface area contributed by atoms with Crippen LogP contribution >= 0.6 is 0 Å². The average Bonchev–Trinajstić information content (AvgIpc) is 2.24. The number of halogens is 1. The zero-order valence-corrected chi connectivity index (χ0v) is 9.45. The predicted molar refractivity (Wildman–Crippen MR) is 57.5 cm³/mol. The summed E-state index contributed by atoms with van der Waals surface area (Å²) in [7, 11) is 3.15. The molecule has 0 saturated carbocycles. The molecule has 84 valence electrons. The second kappa shape index (κ2) is 6.81. The van der Waals surface area contributed by atoms with Gasteiger partial charge in [-0.2, -0.15) is 0 Å². The van der Waals surface area contributed by atoms with Crippen molar-refractivity contribution in [3.8, 4) is 5.75 Å². The van der Waals surface area contributed by atoms with Crippen molar-refractivity contribution in [1.29, 1.82) is 0 Å². The molecule has 15 heavy (non-hydrogen) atoms. The van der Waals surface area contributed by atoms with Gasteiger partial charge >= 0.3 is 6.09 Å². The largest absolute Gasteiger partial charge is 0.414 e. The smallest absolute Gasteiger partial charge is 0.410 e. The molecule has 1 amide bonds. The van der Waals surface area contributed by atoms with Crippen LogP contribution in [0.1, 0.15) is 13.8 Å². The van der Waals surface area contributed by atoms with Crippen molar-refractivity contribution in [1.82, 2.24) is 4.90 Å². The van der Waals surface area contributed by atoms with Crippen LogP contribution in [0.3, 0.4) is 0 Å². The van der Waals surface area contributed by atoms with E-state index in [9.17, 15) is 9.18 Å². The number of nitrogens with zero attached hydrogens (tertiary/aromatic N) is 1. The highest BCUT2D eigenvalue weighted by Gasteiger charge is 2.05.